The summed E-state index contributed by atoms with van der Waals surface area (Å²) in [6.07, 6.45) is 0. The number of hydrogen-bond donors (Lipinski definition) is 1. The molecule has 4 nitrogen and oxygen atoms in total. The Kier molecular flexibility index (Phi) is 4.04. The Morgan fingerprint density at radius 2 is 1.52 bits per heavy atom. The van der Waals surface area contributed by atoms with Gasteiger partial charge in [0, 0.05) is 0 Å². The van der Waals surface area contributed by atoms with Gasteiger partial charge in [-0.2, -0.15) is 0 Å². The number of carbonyl (C=O) groups is 1. The van der Waals surface area contributed by atoms with Crippen LogP contribution in [0.15, 0.2) is 48.5 Å². The van der Waals surface area contributed by atoms with Crippen molar-refractivity contribution in [1.29, 1.82) is 0 Å². The van der Waals surface area contributed by atoms with Crippen LogP contribution in [0.2, 0.25) is 0 Å². The zero-order valence-corrected chi connectivity index (χ0v) is 13.6. The molecule has 23 heavy (non-hydrogen) atoms. The number of ether oxygens (including phenoxy) is 2. The molecule has 0 radical (unpaired) electrons. The van der Waals surface area contributed by atoms with Crippen molar-refractivity contribution in [3.8, 4) is 11.5 Å². The first kappa shape index (κ1) is 16.2. The van der Waals surface area contributed by atoms with Gasteiger partial charge in [0.25, 0.3) is 9.70 Å². The van der Waals surface area contributed by atoms with E-state index in [1.54, 1.807) is 24.3 Å². The quantitative estimate of drug-likeness (QED) is 0.804. The molecule has 1 amide bonds. The lowest BCUT2D eigenvalue weighted by Crippen LogP contribution is -2.63. The molecule has 0 bridgehead atoms. The van der Waals surface area contributed by atoms with Crippen molar-refractivity contribution in [3.63, 3.8) is 0 Å². The average molecular weight is 377 g/mol. The number of alkyl halides is 3. The minimum atomic E-state index is -2.17. The Balaban J connectivity index is 1.94. The van der Waals surface area contributed by atoms with Crippen LogP contribution in [0.3, 0.4) is 0 Å². The average Bonchev–Trinajstić information content (AvgIpc) is 2.86. The second kappa shape index (κ2) is 5.74. The second-order valence-corrected chi connectivity index (χ2v) is 6.98. The topological polar surface area (TPSA) is 47.6 Å². The fourth-order valence-corrected chi connectivity index (χ4v) is 2.42. The smallest absolute Gasteiger partial charge is 0.388 e. The predicted octanol–water partition coefficient (Wildman–Crippen LogP) is 4.05. The molecule has 2 aromatic rings. The number of rotatable bonds is 2. The third-order valence-corrected chi connectivity index (χ3v) is 3.87. The minimum Gasteiger partial charge on any atom is -0.428 e. The number of hydrogen-bond acceptors (Lipinski definition) is 3. The van der Waals surface area contributed by atoms with Gasteiger partial charge in [0.2, 0.25) is 0 Å². The van der Waals surface area contributed by atoms with Gasteiger partial charge in [-0.25, -0.2) is 4.39 Å². The normalized spacial score (nSPS) is 15.3. The van der Waals surface area contributed by atoms with E-state index in [1.165, 1.54) is 18.2 Å². The van der Waals surface area contributed by atoms with Crippen LogP contribution in [0.1, 0.15) is 10.4 Å². The van der Waals surface area contributed by atoms with Crippen LogP contribution in [0.25, 0.3) is 0 Å². The SMILES string of the molecule is O=C(NC1(C(Cl)(Cl)Cl)Oc2ccccc2O1)c1ccccc1F. The van der Waals surface area contributed by atoms with Gasteiger partial charge in [0.1, 0.15) is 5.82 Å². The molecule has 0 aromatic heterocycles. The van der Waals surface area contributed by atoms with Gasteiger partial charge in [-0.1, -0.05) is 59.1 Å². The number of fused-ring (bicyclic) bond motifs is 1. The van der Waals surface area contributed by atoms with Crippen molar-refractivity contribution in [1.82, 2.24) is 5.32 Å². The molecular formula is C15H9Cl3FNO3. The van der Waals surface area contributed by atoms with Crippen LogP contribution in [0.5, 0.6) is 11.5 Å². The summed E-state index contributed by atoms with van der Waals surface area (Å²) in [6, 6.07) is 11.9. The minimum absolute atomic E-state index is 0.232. The molecule has 2 aromatic carbocycles. The number of benzene rings is 2. The fraction of sp³-hybridized carbons (Fsp3) is 0.133. The lowest BCUT2D eigenvalue weighted by atomic mass is 10.2. The van der Waals surface area contributed by atoms with E-state index >= 15 is 0 Å². The van der Waals surface area contributed by atoms with Gasteiger partial charge >= 0.3 is 5.91 Å². The molecule has 1 N–H and O–H groups in total. The van der Waals surface area contributed by atoms with Crippen LogP contribution in [-0.4, -0.2) is 15.6 Å². The molecule has 0 aliphatic carbocycles. The summed E-state index contributed by atoms with van der Waals surface area (Å²) in [6.45, 7) is 0. The number of halogens is 4. The van der Waals surface area contributed by atoms with Gasteiger partial charge in [0.15, 0.2) is 11.5 Å². The predicted molar refractivity (Wildman–Crippen MR) is 84.6 cm³/mol. The van der Waals surface area contributed by atoms with Gasteiger partial charge in [0.05, 0.1) is 5.56 Å². The van der Waals surface area contributed by atoms with Crippen molar-refractivity contribution in [3.05, 3.63) is 59.9 Å². The molecule has 8 heteroatoms. The highest BCUT2D eigenvalue weighted by atomic mass is 35.6. The lowest BCUT2D eigenvalue weighted by Gasteiger charge is -2.33. The summed E-state index contributed by atoms with van der Waals surface area (Å²) >= 11 is 17.8. The van der Waals surface area contributed by atoms with E-state index in [2.05, 4.69) is 5.32 Å². The summed E-state index contributed by atoms with van der Waals surface area (Å²) in [4.78, 5) is 12.3. The monoisotopic (exact) mass is 375 g/mol. The van der Waals surface area contributed by atoms with Crippen molar-refractivity contribution in [2.45, 2.75) is 9.70 Å². The summed E-state index contributed by atoms with van der Waals surface area (Å²) in [5.74, 6) is -3.11. The Labute approximate surface area is 146 Å². The van der Waals surface area contributed by atoms with Crippen LogP contribution in [-0.2, 0) is 0 Å². The van der Waals surface area contributed by atoms with Crippen molar-refractivity contribution >= 4 is 40.7 Å². The van der Waals surface area contributed by atoms with E-state index in [-0.39, 0.29) is 17.1 Å². The zero-order chi connectivity index (χ0) is 16.7. The summed E-state index contributed by atoms with van der Waals surface area (Å²) in [5, 5.41) is 2.32. The number of carbonyl (C=O) groups excluding carboxylic acids is 1. The van der Waals surface area contributed by atoms with Crippen molar-refractivity contribution < 1.29 is 18.7 Å². The largest absolute Gasteiger partial charge is 0.428 e. The highest BCUT2D eigenvalue weighted by Gasteiger charge is 2.59. The molecule has 1 heterocycles. The van der Waals surface area contributed by atoms with E-state index in [0.717, 1.165) is 6.07 Å². The highest BCUT2D eigenvalue weighted by molar-refractivity contribution is 6.68. The number of para-hydroxylation sites is 2. The van der Waals surface area contributed by atoms with Crippen LogP contribution < -0.4 is 14.8 Å². The molecule has 1 aliphatic rings. The van der Waals surface area contributed by atoms with Crippen molar-refractivity contribution in [2.75, 3.05) is 0 Å². The maximum atomic E-state index is 13.8. The zero-order valence-electron chi connectivity index (χ0n) is 11.4. The van der Waals surface area contributed by atoms with E-state index in [9.17, 15) is 9.18 Å². The fourth-order valence-electron chi connectivity index (χ4n) is 2.05. The Hall–Kier alpha value is -1.69. The summed E-state index contributed by atoms with van der Waals surface area (Å²) < 4.78 is 22.6. The molecule has 0 atom stereocenters. The molecule has 0 unspecified atom stereocenters. The van der Waals surface area contributed by atoms with Gasteiger partial charge < -0.3 is 9.47 Å². The van der Waals surface area contributed by atoms with E-state index in [4.69, 9.17) is 44.3 Å². The summed E-state index contributed by atoms with van der Waals surface area (Å²) in [5.41, 5.74) is -0.232. The lowest BCUT2D eigenvalue weighted by molar-refractivity contribution is -0.0953. The molecule has 3 rings (SSSR count). The molecule has 1 aliphatic heterocycles. The molecule has 0 fully saturated rings. The standard InChI is InChI=1S/C15H9Cl3FNO3/c16-14(17,18)15(22-11-7-3-4-8-12(11)23-15)20-13(21)9-5-1-2-6-10(9)19/h1-8H,(H,20,21). The first-order valence-corrected chi connectivity index (χ1v) is 7.57. The van der Waals surface area contributed by atoms with Gasteiger partial charge in [-0.15, -0.1) is 0 Å². The second-order valence-electron chi connectivity index (χ2n) is 4.70. The maximum absolute atomic E-state index is 13.8. The highest BCUT2D eigenvalue weighted by Crippen LogP contribution is 2.48. The van der Waals surface area contributed by atoms with E-state index < -0.39 is 21.4 Å². The third-order valence-electron chi connectivity index (χ3n) is 3.13. The first-order valence-electron chi connectivity index (χ1n) is 6.43. The Morgan fingerprint density at radius 3 is 2.04 bits per heavy atom. The van der Waals surface area contributed by atoms with E-state index in [1.807, 2.05) is 0 Å². The van der Waals surface area contributed by atoms with Crippen molar-refractivity contribution in [2.24, 2.45) is 0 Å². The van der Waals surface area contributed by atoms with Gasteiger partial charge in [-0.05, 0) is 24.3 Å². The Morgan fingerprint density at radius 1 is 1.00 bits per heavy atom. The maximum Gasteiger partial charge on any atom is 0.388 e. The van der Waals surface area contributed by atoms with E-state index in [0.29, 0.717) is 0 Å². The molecular weight excluding hydrogens is 368 g/mol. The molecule has 0 saturated carbocycles. The van der Waals surface area contributed by atoms with Gasteiger partial charge in [-0.3, -0.25) is 10.1 Å². The van der Waals surface area contributed by atoms with Crippen LogP contribution >= 0.6 is 34.8 Å². The Bertz CT molecular complexity index is 739. The summed E-state index contributed by atoms with van der Waals surface area (Å²) in [7, 11) is 0. The number of nitrogens with one attached hydrogen (secondary N) is 1. The third kappa shape index (κ3) is 2.92. The molecule has 0 saturated heterocycles. The molecule has 120 valence electrons. The molecule has 0 spiro atoms. The van der Waals surface area contributed by atoms with Crippen LogP contribution in [0, 0.1) is 5.82 Å². The number of amides is 1. The first-order chi connectivity index (χ1) is 10.8. The van der Waals surface area contributed by atoms with Crippen LogP contribution in [0.4, 0.5) is 4.39 Å².